The number of aromatic nitrogens is 2. The molecular formula is C17H14BrN3OS. The van der Waals surface area contributed by atoms with Crippen molar-refractivity contribution in [1.82, 2.24) is 9.55 Å². The van der Waals surface area contributed by atoms with Crippen LogP contribution in [0.3, 0.4) is 0 Å². The summed E-state index contributed by atoms with van der Waals surface area (Å²) in [7, 11) is 0. The minimum absolute atomic E-state index is 0.407. The molecular weight excluding hydrogens is 374 g/mol. The summed E-state index contributed by atoms with van der Waals surface area (Å²) in [4.78, 5) is 15.5. The van der Waals surface area contributed by atoms with E-state index in [0.29, 0.717) is 5.56 Å². The summed E-state index contributed by atoms with van der Waals surface area (Å²) >= 11 is 5.09. The lowest BCUT2D eigenvalue weighted by Gasteiger charge is -2.08. The summed E-state index contributed by atoms with van der Waals surface area (Å²) in [5.41, 5.74) is 7.96. The van der Waals surface area contributed by atoms with Crippen molar-refractivity contribution in [2.45, 2.75) is 10.9 Å². The topological polar surface area (TPSA) is 60.9 Å². The van der Waals surface area contributed by atoms with E-state index in [4.69, 9.17) is 5.73 Å². The van der Waals surface area contributed by atoms with Gasteiger partial charge >= 0.3 is 0 Å². The fourth-order valence-corrected chi connectivity index (χ4v) is 3.30. The molecule has 3 aromatic rings. The Kier molecular flexibility index (Phi) is 4.83. The van der Waals surface area contributed by atoms with Gasteiger partial charge in [-0.2, -0.15) is 0 Å². The highest BCUT2D eigenvalue weighted by molar-refractivity contribution is 9.10. The lowest BCUT2D eigenvalue weighted by atomic mass is 10.1. The van der Waals surface area contributed by atoms with E-state index in [-0.39, 0.29) is 0 Å². The van der Waals surface area contributed by atoms with Gasteiger partial charge in [0.15, 0.2) is 5.16 Å². The molecule has 23 heavy (non-hydrogen) atoms. The maximum atomic E-state index is 11.1. The van der Waals surface area contributed by atoms with E-state index in [1.54, 1.807) is 30.1 Å². The first-order valence-corrected chi connectivity index (χ1v) is 8.72. The fourth-order valence-electron chi connectivity index (χ4n) is 2.11. The molecule has 1 amide bonds. The number of rotatable bonds is 5. The monoisotopic (exact) mass is 387 g/mol. The summed E-state index contributed by atoms with van der Waals surface area (Å²) in [5, 5.41) is 0.923. The van der Waals surface area contributed by atoms with Gasteiger partial charge in [-0.25, -0.2) is 4.98 Å². The van der Waals surface area contributed by atoms with Gasteiger partial charge in [-0.3, -0.25) is 9.36 Å². The zero-order chi connectivity index (χ0) is 16.2. The number of halogens is 1. The van der Waals surface area contributed by atoms with Gasteiger partial charge in [0.2, 0.25) is 5.91 Å². The van der Waals surface area contributed by atoms with Gasteiger partial charge in [-0.1, -0.05) is 39.8 Å². The Morgan fingerprint density at radius 1 is 1.13 bits per heavy atom. The largest absolute Gasteiger partial charge is 0.366 e. The van der Waals surface area contributed by atoms with E-state index in [2.05, 4.69) is 25.5 Å². The highest BCUT2D eigenvalue weighted by Gasteiger charge is 2.07. The van der Waals surface area contributed by atoms with Crippen LogP contribution in [0.5, 0.6) is 0 Å². The lowest BCUT2D eigenvalue weighted by Crippen LogP contribution is -2.10. The SMILES string of the molecule is NC(=O)c1ccc(CSc2nccn2-c2ccc(Br)cc2)cc1. The number of thioether (sulfide) groups is 1. The van der Waals surface area contributed by atoms with Gasteiger partial charge in [0.1, 0.15) is 0 Å². The zero-order valence-electron chi connectivity index (χ0n) is 12.1. The van der Waals surface area contributed by atoms with Crippen molar-refractivity contribution in [3.8, 4) is 5.69 Å². The van der Waals surface area contributed by atoms with Crippen molar-refractivity contribution in [2.75, 3.05) is 0 Å². The molecule has 0 aliphatic heterocycles. The van der Waals surface area contributed by atoms with E-state index in [0.717, 1.165) is 26.6 Å². The maximum absolute atomic E-state index is 11.1. The minimum atomic E-state index is -0.407. The average molecular weight is 388 g/mol. The smallest absolute Gasteiger partial charge is 0.248 e. The van der Waals surface area contributed by atoms with Crippen molar-refractivity contribution >= 4 is 33.6 Å². The highest BCUT2D eigenvalue weighted by Crippen LogP contribution is 2.25. The van der Waals surface area contributed by atoms with Crippen LogP contribution in [0.2, 0.25) is 0 Å². The molecule has 2 aromatic carbocycles. The predicted octanol–water partition coefficient (Wildman–Crippen LogP) is 4.03. The van der Waals surface area contributed by atoms with Crippen LogP contribution in [-0.2, 0) is 5.75 Å². The van der Waals surface area contributed by atoms with Gasteiger partial charge < -0.3 is 5.73 Å². The van der Waals surface area contributed by atoms with Crippen molar-refractivity contribution in [1.29, 1.82) is 0 Å². The Bertz CT molecular complexity index is 813. The predicted molar refractivity (Wildman–Crippen MR) is 95.8 cm³/mol. The second-order valence-electron chi connectivity index (χ2n) is 4.91. The normalized spacial score (nSPS) is 10.7. The molecule has 0 aliphatic rings. The number of carbonyl (C=O) groups is 1. The standard InChI is InChI=1S/C17H14BrN3OS/c18-14-5-7-15(8-6-14)21-10-9-20-17(21)23-11-12-1-3-13(4-2-12)16(19)22/h1-10H,11H2,(H2,19,22). The van der Waals surface area contributed by atoms with Crippen LogP contribution < -0.4 is 5.73 Å². The number of hydrogen-bond acceptors (Lipinski definition) is 3. The first-order valence-electron chi connectivity index (χ1n) is 6.94. The Morgan fingerprint density at radius 2 is 1.83 bits per heavy atom. The molecule has 0 unspecified atom stereocenters. The third-order valence-corrected chi connectivity index (χ3v) is 4.88. The molecule has 0 saturated heterocycles. The first kappa shape index (κ1) is 15.8. The van der Waals surface area contributed by atoms with E-state index in [1.165, 1.54) is 0 Å². The Hall–Kier alpha value is -2.05. The molecule has 0 spiro atoms. The second-order valence-corrected chi connectivity index (χ2v) is 6.76. The second kappa shape index (κ2) is 7.02. The first-order chi connectivity index (χ1) is 11.1. The van der Waals surface area contributed by atoms with E-state index >= 15 is 0 Å². The molecule has 1 heterocycles. The fraction of sp³-hybridized carbons (Fsp3) is 0.0588. The van der Waals surface area contributed by atoms with Gasteiger partial charge in [0.05, 0.1) is 0 Å². The Labute approximate surface area is 146 Å². The van der Waals surface area contributed by atoms with E-state index in [1.807, 2.05) is 42.6 Å². The van der Waals surface area contributed by atoms with Crippen LogP contribution in [0.4, 0.5) is 0 Å². The maximum Gasteiger partial charge on any atom is 0.248 e. The highest BCUT2D eigenvalue weighted by atomic mass is 79.9. The zero-order valence-corrected chi connectivity index (χ0v) is 14.5. The number of amides is 1. The van der Waals surface area contributed by atoms with Gasteiger partial charge in [-0.15, -0.1) is 0 Å². The lowest BCUT2D eigenvalue weighted by molar-refractivity contribution is 0.100. The molecule has 0 radical (unpaired) electrons. The van der Waals surface area contributed by atoms with Gasteiger partial charge in [0.25, 0.3) is 0 Å². The van der Waals surface area contributed by atoms with Crippen LogP contribution in [0, 0.1) is 0 Å². The van der Waals surface area contributed by atoms with Crippen molar-refractivity contribution in [3.05, 3.63) is 76.5 Å². The third kappa shape index (κ3) is 3.83. The molecule has 0 fully saturated rings. The average Bonchev–Trinajstić information content (AvgIpc) is 3.02. The number of nitrogens with two attached hydrogens (primary N) is 1. The molecule has 0 atom stereocenters. The summed E-state index contributed by atoms with van der Waals surface area (Å²) in [5.74, 6) is 0.363. The number of benzene rings is 2. The quantitative estimate of drug-likeness (QED) is 0.672. The number of carbonyl (C=O) groups excluding carboxylic acids is 1. The molecule has 6 heteroatoms. The molecule has 3 rings (SSSR count). The van der Waals surface area contributed by atoms with Crippen molar-refractivity contribution in [3.63, 3.8) is 0 Å². The molecule has 2 N–H and O–H groups in total. The van der Waals surface area contributed by atoms with Crippen LogP contribution in [-0.4, -0.2) is 15.5 Å². The van der Waals surface area contributed by atoms with Crippen LogP contribution in [0.25, 0.3) is 5.69 Å². The van der Waals surface area contributed by atoms with Gasteiger partial charge in [-0.05, 0) is 42.0 Å². The number of primary amides is 1. The minimum Gasteiger partial charge on any atom is -0.366 e. The molecule has 0 saturated carbocycles. The molecule has 0 aliphatic carbocycles. The van der Waals surface area contributed by atoms with E-state index < -0.39 is 5.91 Å². The molecule has 1 aromatic heterocycles. The Morgan fingerprint density at radius 3 is 2.48 bits per heavy atom. The van der Waals surface area contributed by atoms with Crippen LogP contribution in [0.15, 0.2) is 70.6 Å². The number of nitrogens with zero attached hydrogens (tertiary/aromatic N) is 2. The number of hydrogen-bond donors (Lipinski definition) is 1. The van der Waals surface area contributed by atoms with Crippen LogP contribution in [0.1, 0.15) is 15.9 Å². The molecule has 0 bridgehead atoms. The van der Waals surface area contributed by atoms with E-state index in [9.17, 15) is 4.79 Å². The van der Waals surface area contributed by atoms with Crippen molar-refractivity contribution < 1.29 is 4.79 Å². The molecule has 4 nitrogen and oxygen atoms in total. The summed E-state index contributed by atoms with van der Waals surface area (Å²) in [6, 6.07) is 15.4. The summed E-state index contributed by atoms with van der Waals surface area (Å²) in [6.45, 7) is 0. The van der Waals surface area contributed by atoms with Crippen LogP contribution >= 0.6 is 27.7 Å². The number of imidazole rings is 1. The summed E-state index contributed by atoms with van der Waals surface area (Å²) in [6.07, 6.45) is 3.74. The molecule has 116 valence electrons. The summed E-state index contributed by atoms with van der Waals surface area (Å²) < 4.78 is 3.10. The van der Waals surface area contributed by atoms with Gasteiger partial charge in [0, 0.05) is 33.9 Å². The van der Waals surface area contributed by atoms with Crippen molar-refractivity contribution in [2.24, 2.45) is 5.73 Å². The Balaban J connectivity index is 1.73. The third-order valence-electron chi connectivity index (χ3n) is 3.32.